The van der Waals surface area contributed by atoms with Crippen molar-refractivity contribution in [1.29, 1.82) is 0 Å². The third kappa shape index (κ3) is 14.1. The van der Waals surface area contributed by atoms with Gasteiger partial charge in [-0.1, -0.05) is 37.6 Å². The van der Waals surface area contributed by atoms with Crippen molar-refractivity contribution in [3.8, 4) is 0 Å². The second-order valence-electron chi connectivity index (χ2n) is 9.55. The predicted octanol–water partition coefficient (Wildman–Crippen LogP) is 0.112. The Morgan fingerprint density at radius 2 is 1.95 bits per heavy atom. The topological polar surface area (TPSA) is 177 Å². The van der Waals surface area contributed by atoms with E-state index in [1.165, 1.54) is 31.2 Å². The van der Waals surface area contributed by atoms with Crippen LogP contribution in [0.5, 0.6) is 0 Å². The van der Waals surface area contributed by atoms with Crippen LogP contribution >= 0.6 is 0 Å². The van der Waals surface area contributed by atoms with Gasteiger partial charge in [-0.2, -0.15) is 0 Å². The molecule has 11 heteroatoms. The number of aliphatic hydroxyl groups excluding tert-OH is 3. The lowest BCUT2D eigenvalue weighted by Crippen LogP contribution is -2.58. The molecule has 0 unspecified atom stereocenters. The number of carbonyl (C=O) groups excluding carboxylic acids is 4. The SMILES string of the molecule is CC[C@H](O)CCCC/C=C/C=C/C(=O)N[C@H](C(=O)N[C@H]1C[C@@H](O)CCNC(=O)/C=C/[C@H](C)NC1=O)[C@@H](C)O. The van der Waals surface area contributed by atoms with Crippen LogP contribution in [-0.2, 0) is 19.2 Å². The number of hydrogen-bond donors (Lipinski definition) is 7. The third-order valence-electron chi connectivity index (χ3n) is 6.01. The quantitative estimate of drug-likeness (QED) is 0.105. The van der Waals surface area contributed by atoms with Crippen molar-refractivity contribution >= 4 is 23.6 Å². The summed E-state index contributed by atoms with van der Waals surface area (Å²) in [7, 11) is 0. The van der Waals surface area contributed by atoms with Crippen molar-refractivity contribution in [3.05, 3.63) is 36.5 Å². The standard InChI is InChI=1S/C27H44N4O7/c1-4-20(33)11-9-7-5-6-8-10-12-24(36)31-25(19(3)32)27(38)30-22-17-21(34)15-16-28-23(35)14-13-18(2)29-26(22)37/h6,8,10,12-14,18-22,25,32-34H,4-5,7,9,11,15-17H2,1-3H3,(H,28,35)(H,29,37)(H,30,38)(H,31,36)/b8-6+,12-10+,14-13+/t18-,19+,20-,21-,22-,25-/m0/s1. The Morgan fingerprint density at radius 1 is 1.21 bits per heavy atom. The second-order valence-corrected chi connectivity index (χ2v) is 9.55. The van der Waals surface area contributed by atoms with Crippen LogP contribution in [0.1, 0.15) is 65.7 Å². The number of allylic oxidation sites excluding steroid dienone is 3. The lowest BCUT2D eigenvalue weighted by molar-refractivity contribution is -0.134. The molecule has 0 spiro atoms. The Morgan fingerprint density at radius 3 is 2.63 bits per heavy atom. The van der Waals surface area contributed by atoms with Crippen LogP contribution in [0.4, 0.5) is 0 Å². The Labute approximate surface area is 224 Å². The Bertz CT molecular complexity index is 856. The van der Waals surface area contributed by atoms with Crippen molar-refractivity contribution < 1.29 is 34.5 Å². The maximum absolute atomic E-state index is 12.9. The molecule has 4 amide bonds. The number of rotatable bonds is 12. The van der Waals surface area contributed by atoms with Gasteiger partial charge >= 0.3 is 0 Å². The number of carbonyl (C=O) groups is 4. The van der Waals surface area contributed by atoms with E-state index in [1.807, 2.05) is 13.0 Å². The minimum Gasteiger partial charge on any atom is -0.393 e. The molecule has 1 aliphatic heterocycles. The highest BCUT2D eigenvalue weighted by Gasteiger charge is 2.31. The van der Waals surface area contributed by atoms with E-state index in [1.54, 1.807) is 13.0 Å². The lowest BCUT2D eigenvalue weighted by atomic mass is 10.0. The Balaban J connectivity index is 2.71. The van der Waals surface area contributed by atoms with Crippen LogP contribution < -0.4 is 21.3 Å². The smallest absolute Gasteiger partial charge is 0.245 e. The molecule has 0 aromatic heterocycles. The zero-order valence-corrected chi connectivity index (χ0v) is 22.6. The molecule has 38 heavy (non-hydrogen) atoms. The monoisotopic (exact) mass is 536 g/mol. The molecule has 0 aromatic rings. The van der Waals surface area contributed by atoms with E-state index in [4.69, 9.17) is 0 Å². The maximum Gasteiger partial charge on any atom is 0.245 e. The molecule has 1 rings (SSSR count). The van der Waals surface area contributed by atoms with Crippen molar-refractivity contribution in [1.82, 2.24) is 21.3 Å². The largest absolute Gasteiger partial charge is 0.393 e. The second kappa shape index (κ2) is 18.3. The Kier molecular flexibility index (Phi) is 15.9. The van der Waals surface area contributed by atoms with Gasteiger partial charge in [-0.05, 0) is 46.0 Å². The molecule has 11 nitrogen and oxygen atoms in total. The van der Waals surface area contributed by atoms with E-state index in [0.717, 1.165) is 32.1 Å². The molecule has 0 aliphatic carbocycles. The summed E-state index contributed by atoms with van der Waals surface area (Å²) in [6, 6.07) is -2.97. The van der Waals surface area contributed by atoms with Crippen molar-refractivity contribution in [2.75, 3.05) is 6.54 Å². The minimum atomic E-state index is -1.33. The fourth-order valence-electron chi connectivity index (χ4n) is 3.68. The van der Waals surface area contributed by atoms with Crippen LogP contribution in [0.25, 0.3) is 0 Å². The van der Waals surface area contributed by atoms with E-state index >= 15 is 0 Å². The summed E-state index contributed by atoms with van der Waals surface area (Å²) >= 11 is 0. The summed E-state index contributed by atoms with van der Waals surface area (Å²) in [5, 5.41) is 40.2. The van der Waals surface area contributed by atoms with Gasteiger partial charge < -0.3 is 36.6 Å². The summed E-state index contributed by atoms with van der Waals surface area (Å²) in [6.45, 7) is 5.13. The van der Waals surface area contributed by atoms with Gasteiger partial charge in [-0.3, -0.25) is 19.2 Å². The Hall–Kier alpha value is -3.02. The van der Waals surface area contributed by atoms with Gasteiger partial charge in [0.2, 0.25) is 23.6 Å². The van der Waals surface area contributed by atoms with Crippen molar-refractivity contribution in [2.24, 2.45) is 0 Å². The number of nitrogens with one attached hydrogen (secondary N) is 4. The minimum absolute atomic E-state index is 0.119. The number of aliphatic hydroxyl groups is 3. The zero-order chi connectivity index (χ0) is 28.5. The van der Waals surface area contributed by atoms with Crippen molar-refractivity contribution in [2.45, 2.75) is 102 Å². The van der Waals surface area contributed by atoms with E-state index in [0.29, 0.717) is 0 Å². The van der Waals surface area contributed by atoms with Crippen LogP contribution in [-0.4, -0.2) is 81.9 Å². The average Bonchev–Trinajstić information content (AvgIpc) is 2.86. The molecule has 0 saturated carbocycles. The molecule has 0 saturated heterocycles. The van der Waals surface area contributed by atoms with Crippen LogP contribution in [0.3, 0.4) is 0 Å². The number of amides is 4. The normalized spacial score (nSPS) is 24.4. The number of unbranched alkanes of at least 4 members (excludes halogenated alkanes) is 2. The van der Waals surface area contributed by atoms with E-state index in [2.05, 4.69) is 21.3 Å². The zero-order valence-electron chi connectivity index (χ0n) is 22.6. The van der Waals surface area contributed by atoms with Gasteiger partial charge in [0.25, 0.3) is 0 Å². The van der Waals surface area contributed by atoms with Crippen LogP contribution in [0.2, 0.25) is 0 Å². The predicted molar refractivity (Wildman–Crippen MR) is 144 cm³/mol. The van der Waals surface area contributed by atoms with Gasteiger partial charge in [0.15, 0.2) is 0 Å². The summed E-state index contributed by atoms with van der Waals surface area (Å²) in [6.07, 6.45) is 10.8. The van der Waals surface area contributed by atoms with E-state index in [-0.39, 0.29) is 31.4 Å². The first kappa shape index (κ1) is 33.0. The molecule has 0 radical (unpaired) electrons. The van der Waals surface area contributed by atoms with E-state index < -0.39 is 48.1 Å². The molecule has 0 bridgehead atoms. The van der Waals surface area contributed by atoms with Gasteiger partial charge in [0.05, 0.1) is 18.3 Å². The molecule has 1 heterocycles. The molecular weight excluding hydrogens is 492 g/mol. The highest BCUT2D eigenvalue weighted by atomic mass is 16.3. The summed E-state index contributed by atoms with van der Waals surface area (Å²) in [5.74, 6) is -2.28. The van der Waals surface area contributed by atoms with Crippen LogP contribution in [0.15, 0.2) is 36.5 Å². The molecule has 1 aliphatic rings. The summed E-state index contributed by atoms with van der Waals surface area (Å²) in [4.78, 5) is 49.7. The summed E-state index contributed by atoms with van der Waals surface area (Å²) < 4.78 is 0. The lowest BCUT2D eigenvalue weighted by Gasteiger charge is -2.26. The molecular formula is C27H44N4O7. The fourth-order valence-corrected chi connectivity index (χ4v) is 3.68. The van der Waals surface area contributed by atoms with Gasteiger partial charge in [0.1, 0.15) is 12.1 Å². The highest BCUT2D eigenvalue weighted by molar-refractivity contribution is 5.95. The van der Waals surface area contributed by atoms with Crippen molar-refractivity contribution in [3.63, 3.8) is 0 Å². The van der Waals surface area contributed by atoms with Gasteiger partial charge in [-0.25, -0.2) is 0 Å². The van der Waals surface area contributed by atoms with E-state index in [9.17, 15) is 34.5 Å². The third-order valence-corrected chi connectivity index (χ3v) is 6.01. The molecule has 6 atom stereocenters. The molecule has 0 fully saturated rings. The molecule has 0 aromatic carbocycles. The molecule has 214 valence electrons. The average molecular weight is 537 g/mol. The maximum atomic E-state index is 12.9. The van der Waals surface area contributed by atoms with Gasteiger partial charge in [-0.15, -0.1) is 0 Å². The van der Waals surface area contributed by atoms with Crippen LogP contribution in [0, 0.1) is 0 Å². The first-order valence-electron chi connectivity index (χ1n) is 13.3. The highest BCUT2D eigenvalue weighted by Crippen LogP contribution is 2.07. The first-order chi connectivity index (χ1) is 18.0. The summed E-state index contributed by atoms with van der Waals surface area (Å²) in [5.41, 5.74) is 0. The first-order valence-corrected chi connectivity index (χ1v) is 13.3. The van der Waals surface area contributed by atoms with Gasteiger partial charge in [0, 0.05) is 31.2 Å². The number of hydrogen-bond acceptors (Lipinski definition) is 7. The molecule has 7 N–H and O–H groups in total. The fraction of sp³-hybridized carbons (Fsp3) is 0.630.